The fourth-order valence-corrected chi connectivity index (χ4v) is 2.54. The number of anilines is 1. The van der Waals surface area contributed by atoms with Gasteiger partial charge in [-0.1, -0.05) is 6.07 Å². The van der Waals surface area contributed by atoms with Crippen LogP contribution in [0.1, 0.15) is 15.9 Å². The molecule has 0 saturated carbocycles. The minimum Gasteiger partial charge on any atom is -0.501 e. The molecule has 0 bridgehead atoms. The number of aromatic hydroxyl groups is 1. The fourth-order valence-electron chi connectivity index (χ4n) is 2.07. The zero-order valence-electron chi connectivity index (χ0n) is 13.3. The Morgan fingerprint density at radius 3 is 2.59 bits per heavy atom. The number of hydrogen-bond donors (Lipinski definition) is 3. The van der Waals surface area contributed by atoms with E-state index in [0.717, 1.165) is 12.1 Å². The summed E-state index contributed by atoms with van der Waals surface area (Å²) in [6.07, 6.45) is 1.10. The van der Waals surface area contributed by atoms with E-state index in [0.29, 0.717) is 0 Å². The van der Waals surface area contributed by atoms with Gasteiger partial charge in [0.1, 0.15) is 11.6 Å². The molecule has 9 nitrogen and oxygen atoms in total. The van der Waals surface area contributed by atoms with E-state index in [-0.39, 0.29) is 26.9 Å². The monoisotopic (exact) mass is 431 g/mol. The Morgan fingerprint density at radius 1 is 1.30 bits per heavy atom. The van der Waals surface area contributed by atoms with Crippen LogP contribution in [0.25, 0.3) is 6.08 Å². The van der Waals surface area contributed by atoms with Gasteiger partial charge in [0.25, 0.3) is 5.91 Å². The molecule has 2 rings (SSSR count). The third kappa shape index (κ3) is 4.68. The molecular weight excluding hydrogens is 422 g/mol. The van der Waals surface area contributed by atoms with Crippen molar-refractivity contribution in [3.05, 3.63) is 67.7 Å². The highest BCUT2D eigenvalue weighted by atomic mass is 79.9. The number of aromatic carboxylic acids is 1. The van der Waals surface area contributed by atoms with Gasteiger partial charge in [-0.25, -0.2) is 4.79 Å². The third-order valence-corrected chi connectivity index (χ3v) is 3.91. The minimum absolute atomic E-state index is 0.0230. The number of carbonyl (C=O) groups excluding carboxylic acids is 1. The molecule has 0 fully saturated rings. The van der Waals surface area contributed by atoms with Gasteiger partial charge in [-0.15, -0.1) is 0 Å². The number of rotatable bonds is 5. The van der Waals surface area contributed by atoms with E-state index in [4.69, 9.17) is 5.11 Å². The van der Waals surface area contributed by atoms with Crippen LogP contribution in [0.3, 0.4) is 0 Å². The Morgan fingerprint density at radius 2 is 2.00 bits per heavy atom. The van der Waals surface area contributed by atoms with E-state index in [1.807, 2.05) is 0 Å². The number of phenols is 1. The summed E-state index contributed by atoms with van der Waals surface area (Å²) in [5, 5.41) is 41.2. The maximum absolute atomic E-state index is 12.3. The molecule has 0 atom stereocenters. The van der Waals surface area contributed by atoms with Crippen molar-refractivity contribution in [2.75, 3.05) is 5.32 Å². The zero-order valence-corrected chi connectivity index (χ0v) is 14.9. The van der Waals surface area contributed by atoms with Gasteiger partial charge < -0.3 is 15.5 Å². The molecule has 0 aliphatic heterocycles. The summed E-state index contributed by atoms with van der Waals surface area (Å²) in [6.45, 7) is 0. The summed E-state index contributed by atoms with van der Waals surface area (Å²) in [5.74, 6) is -2.58. The minimum atomic E-state index is -1.18. The molecular formula is C17H10BrN3O6. The predicted octanol–water partition coefficient (Wildman–Crippen LogP) is 3.31. The number of nitrogens with zero attached hydrogens (tertiary/aromatic N) is 2. The van der Waals surface area contributed by atoms with E-state index in [2.05, 4.69) is 21.2 Å². The highest BCUT2D eigenvalue weighted by molar-refractivity contribution is 9.10. The molecule has 0 heterocycles. The lowest BCUT2D eigenvalue weighted by atomic mass is 10.1. The molecule has 0 aliphatic rings. The number of nitro groups is 1. The van der Waals surface area contributed by atoms with Gasteiger partial charge in [-0.05, 0) is 51.8 Å². The number of carbonyl (C=O) groups is 2. The number of carboxylic acid groups (broad SMARTS) is 1. The van der Waals surface area contributed by atoms with E-state index >= 15 is 0 Å². The van der Waals surface area contributed by atoms with Crippen molar-refractivity contribution in [2.45, 2.75) is 0 Å². The lowest BCUT2D eigenvalue weighted by molar-refractivity contribution is -0.386. The van der Waals surface area contributed by atoms with Crippen molar-refractivity contribution in [3.8, 4) is 11.8 Å². The summed E-state index contributed by atoms with van der Waals surface area (Å²) in [6, 6.07) is 9.42. The average molecular weight is 432 g/mol. The van der Waals surface area contributed by atoms with E-state index < -0.39 is 28.2 Å². The number of benzene rings is 2. The summed E-state index contributed by atoms with van der Waals surface area (Å²) in [5.41, 5.74) is -0.713. The van der Waals surface area contributed by atoms with Crippen LogP contribution in [0.2, 0.25) is 0 Å². The van der Waals surface area contributed by atoms with Crippen molar-refractivity contribution in [2.24, 2.45) is 0 Å². The number of phenolic OH excluding ortho intramolecular Hbond substituents is 1. The molecule has 0 unspecified atom stereocenters. The first-order valence-corrected chi connectivity index (χ1v) is 7.95. The van der Waals surface area contributed by atoms with Crippen molar-refractivity contribution in [3.63, 3.8) is 0 Å². The number of carboxylic acids is 1. The van der Waals surface area contributed by atoms with Gasteiger partial charge in [-0.3, -0.25) is 14.9 Å². The van der Waals surface area contributed by atoms with Gasteiger partial charge in [-0.2, -0.15) is 5.26 Å². The maximum atomic E-state index is 12.3. The van der Waals surface area contributed by atoms with Crippen molar-refractivity contribution in [1.29, 1.82) is 5.26 Å². The molecule has 0 spiro atoms. The molecule has 1 amide bonds. The normalized spacial score (nSPS) is 10.7. The van der Waals surface area contributed by atoms with Gasteiger partial charge in [0.2, 0.25) is 5.75 Å². The van der Waals surface area contributed by atoms with E-state index in [1.54, 1.807) is 6.07 Å². The fraction of sp³-hybridized carbons (Fsp3) is 0. The smallest absolute Gasteiger partial charge is 0.335 e. The molecule has 136 valence electrons. The SMILES string of the molecule is N#C/C(=C/c1cc(Br)c(O)c([N+](=O)[O-])c1)C(=O)Nc1cccc(C(=O)O)c1. The lowest BCUT2D eigenvalue weighted by Gasteiger charge is -2.06. The predicted molar refractivity (Wildman–Crippen MR) is 98.1 cm³/mol. The van der Waals surface area contributed by atoms with Gasteiger partial charge in [0, 0.05) is 11.8 Å². The number of amides is 1. The molecule has 2 aromatic rings. The second-order valence-electron chi connectivity index (χ2n) is 5.14. The molecule has 0 radical (unpaired) electrons. The lowest BCUT2D eigenvalue weighted by Crippen LogP contribution is -2.14. The second kappa shape index (κ2) is 8.11. The standard InChI is InChI=1S/C17H10BrN3O6/c18-13-5-9(6-14(15(13)22)21(26)27)4-11(8-19)16(23)20-12-3-1-2-10(7-12)17(24)25/h1-7,22H,(H,20,23)(H,24,25)/b11-4-. The first kappa shape index (κ1) is 19.6. The van der Waals surface area contributed by atoms with Crippen molar-refractivity contribution in [1.82, 2.24) is 0 Å². The van der Waals surface area contributed by atoms with E-state index in [9.17, 15) is 30.1 Å². The van der Waals surface area contributed by atoms with Crippen LogP contribution in [0.4, 0.5) is 11.4 Å². The highest BCUT2D eigenvalue weighted by Gasteiger charge is 2.18. The molecule has 0 saturated heterocycles. The van der Waals surface area contributed by atoms with Crippen LogP contribution in [0, 0.1) is 21.4 Å². The topological polar surface area (TPSA) is 154 Å². The number of nitriles is 1. The molecule has 2 aromatic carbocycles. The molecule has 10 heteroatoms. The Labute approximate surface area is 160 Å². The van der Waals surface area contributed by atoms with E-state index in [1.165, 1.54) is 30.3 Å². The third-order valence-electron chi connectivity index (χ3n) is 3.31. The highest BCUT2D eigenvalue weighted by Crippen LogP contribution is 2.35. The van der Waals surface area contributed by atoms with Crippen LogP contribution in [-0.2, 0) is 4.79 Å². The van der Waals surface area contributed by atoms with Gasteiger partial charge in [0.15, 0.2) is 0 Å². The molecule has 0 aliphatic carbocycles. The zero-order chi connectivity index (χ0) is 20.1. The van der Waals surface area contributed by atoms with Crippen molar-refractivity contribution >= 4 is 45.3 Å². The summed E-state index contributed by atoms with van der Waals surface area (Å²) in [7, 11) is 0. The summed E-state index contributed by atoms with van der Waals surface area (Å²) < 4.78 is 0.0230. The number of hydrogen-bond acceptors (Lipinski definition) is 6. The average Bonchev–Trinajstić information content (AvgIpc) is 2.62. The quantitative estimate of drug-likeness (QED) is 0.284. The van der Waals surface area contributed by atoms with Crippen molar-refractivity contribution < 1.29 is 24.7 Å². The largest absolute Gasteiger partial charge is 0.501 e. The molecule has 3 N–H and O–H groups in total. The van der Waals surface area contributed by atoms with Crippen LogP contribution >= 0.6 is 15.9 Å². The first-order chi connectivity index (χ1) is 12.7. The number of nitrogens with one attached hydrogen (secondary N) is 1. The number of halogens is 1. The Kier molecular flexibility index (Phi) is 5.89. The number of nitro benzene ring substituents is 1. The summed E-state index contributed by atoms with van der Waals surface area (Å²) in [4.78, 5) is 33.4. The Hall–Kier alpha value is -3.71. The van der Waals surface area contributed by atoms with Crippen LogP contribution in [-0.4, -0.2) is 27.0 Å². The van der Waals surface area contributed by atoms with Gasteiger partial charge >= 0.3 is 11.7 Å². The van der Waals surface area contributed by atoms with Crippen LogP contribution in [0.5, 0.6) is 5.75 Å². The van der Waals surface area contributed by atoms with Crippen LogP contribution < -0.4 is 5.32 Å². The Balaban J connectivity index is 2.35. The second-order valence-corrected chi connectivity index (χ2v) is 5.99. The molecule has 0 aromatic heterocycles. The van der Waals surface area contributed by atoms with Gasteiger partial charge in [0.05, 0.1) is 15.0 Å². The Bertz CT molecular complexity index is 1030. The first-order valence-electron chi connectivity index (χ1n) is 7.16. The van der Waals surface area contributed by atoms with Crippen LogP contribution in [0.15, 0.2) is 46.4 Å². The maximum Gasteiger partial charge on any atom is 0.335 e. The summed E-state index contributed by atoms with van der Waals surface area (Å²) >= 11 is 2.97. The molecule has 27 heavy (non-hydrogen) atoms.